The lowest BCUT2D eigenvalue weighted by Gasteiger charge is -2.34. The van der Waals surface area contributed by atoms with Crippen LogP contribution in [0.2, 0.25) is 0 Å². The summed E-state index contributed by atoms with van der Waals surface area (Å²) in [6, 6.07) is 5.43. The largest absolute Gasteiger partial charge is 0.354 e. The lowest BCUT2D eigenvalue weighted by molar-refractivity contribution is -0.130. The van der Waals surface area contributed by atoms with Crippen LogP contribution in [-0.4, -0.2) is 82.5 Å². The number of thiophene rings is 2. The predicted octanol–water partition coefficient (Wildman–Crippen LogP) is 1.36. The normalized spacial score (nSPS) is 18.2. The zero-order valence-electron chi connectivity index (χ0n) is 22.5. The van der Waals surface area contributed by atoms with Gasteiger partial charge in [-0.25, -0.2) is 0 Å². The van der Waals surface area contributed by atoms with Gasteiger partial charge in [-0.2, -0.15) is 10.5 Å². The highest BCUT2D eigenvalue weighted by Crippen LogP contribution is 2.50. The first-order valence-corrected chi connectivity index (χ1v) is 14.8. The summed E-state index contributed by atoms with van der Waals surface area (Å²) in [4.78, 5) is 43.3. The number of nitrogens with zero attached hydrogens (tertiary/aromatic N) is 5. The van der Waals surface area contributed by atoms with Crippen LogP contribution < -0.4 is 16.0 Å². The lowest BCUT2D eigenvalue weighted by atomic mass is 9.70. The topological polar surface area (TPSA) is 169 Å². The maximum atomic E-state index is 13.0. The van der Waals surface area contributed by atoms with Gasteiger partial charge in [0.25, 0.3) is 11.8 Å². The predicted molar refractivity (Wildman–Crippen MR) is 149 cm³/mol. The van der Waals surface area contributed by atoms with Crippen molar-refractivity contribution < 1.29 is 14.4 Å². The van der Waals surface area contributed by atoms with Gasteiger partial charge in [0.05, 0.1) is 27.8 Å². The molecule has 40 heavy (non-hydrogen) atoms. The zero-order chi connectivity index (χ0) is 28.4. The van der Waals surface area contributed by atoms with Crippen molar-refractivity contribution in [2.24, 2.45) is 0 Å². The number of nitrogens with one attached hydrogen (secondary N) is 4. The van der Waals surface area contributed by atoms with Gasteiger partial charge in [0.2, 0.25) is 5.91 Å². The van der Waals surface area contributed by atoms with E-state index in [4.69, 9.17) is 0 Å². The van der Waals surface area contributed by atoms with Crippen molar-refractivity contribution in [3.05, 3.63) is 48.6 Å². The van der Waals surface area contributed by atoms with E-state index < -0.39 is 5.41 Å². The molecule has 4 N–H and O–H groups in total. The molecular formula is C26H31N9O3S2. The molecule has 1 fully saturated rings. The number of rotatable bonds is 8. The van der Waals surface area contributed by atoms with Gasteiger partial charge in [0.1, 0.15) is 6.04 Å². The lowest BCUT2D eigenvalue weighted by Crippen LogP contribution is -2.45. The van der Waals surface area contributed by atoms with Crippen LogP contribution in [0.3, 0.4) is 0 Å². The molecule has 2 atom stereocenters. The standard InChI is InChI=1S/C26H31N9O3S2/c1-14(30-13-22(36)35-8-4-5-15(35)12-27)11-26(25-31-33-34-32-25)16-9-20(23(37)28-2)39-18(16)6-7-19-17(26)10-21(40-19)24(38)29-3/h9-10,14-15,30H,4-8,11,13H2,1-3H3,(H,28,37)(H,29,38)(H,31,32,33,34)/t14-,15-/m0/s1. The molecule has 3 aromatic rings. The van der Waals surface area contributed by atoms with Gasteiger partial charge in [0.15, 0.2) is 5.82 Å². The highest BCUT2D eigenvalue weighted by atomic mass is 32.1. The van der Waals surface area contributed by atoms with Gasteiger partial charge in [-0.05, 0) is 62.3 Å². The number of aromatic nitrogens is 4. The van der Waals surface area contributed by atoms with E-state index in [9.17, 15) is 19.6 Å². The fourth-order valence-corrected chi connectivity index (χ4v) is 8.15. The van der Waals surface area contributed by atoms with Crippen LogP contribution >= 0.6 is 22.7 Å². The fraction of sp³-hybridized carbons (Fsp3) is 0.500. The van der Waals surface area contributed by atoms with Crippen LogP contribution in [0.1, 0.15) is 72.2 Å². The quantitative estimate of drug-likeness (QED) is 0.309. The first-order valence-electron chi connectivity index (χ1n) is 13.2. The Morgan fingerprint density at radius 3 is 2.30 bits per heavy atom. The Balaban J connectivity index is 1.57. The van der Waals surface area contributed by atoms with Crippen LogP contribution in [0.5, 0.6) is 0 Å². The maximum absolute atomic E-state index is 13.0. The smallest absolute Gasteiger partial charge is 0.261 e. The molecule has 210 valence electrons. The fourth-order valence-electron chi connectivity index (χ4n) is 5.78. The number of amides is 3. The van der Waals surface area contributed by atoms with Gasteiger partial charge < -0.3 is 20.9 Å². The monoisotopic (exact) mass is 581 g/mol. The number of aryl methyl sites for hydroxylation is 2. The highest BCUT2D eigenvalue weighted by Gasteiger charge is 2.48. The molecule has 0 unspecified atom stereocenters. The molecular weight excluding hydrogens is 550 g/mol. The van der Waals surface area contributed by atoms with Crippen LogP contribution in [-0.2, 0) is 23.1 Å². The summed E-state index contributed by atoms with van der Waals surface area (Å²) in [7, 11) is 3.21. The van der Waals surface area contributed by atoms with Gasteiger partial charge in [-0.15, -0.1) is 32.9 Å². The van der Waals surface area contributed by atoms with Crippen molar-refractivity contribution >= 4 is 40.4 Å². The number of likely N-dealkylation sites (tertiary alicyclic amines) is 1. The third-order valence-electron chi connectivity index (χ3n) is 7.68. The van der Waals surface area contributed by atoms with Gasteiger partial charge >= 0.3 is 0 Å². The van der Waals surface area contributed by atoms with Crippen molar-refractivity contribution in [3.63, 3.8) is 0 Å². The molecule has 14 heteroatoms. The SMILES string of the molecule is CNC(=O)c1cc2c(s1)CCc1sc(C(=O)NC)cc1C2(C[C@H](C)NCC(=O)N1CCC[C@H]1C#N)c1nn[nH]n1. The number of nitriles is 1. The molecule has 0 aromatic carbocycles. The number of H-pyrrole nitrogens is 1. The third kappa shape index (κ3) is 4.89. The Morgan fingerprint density at radius 1 is 1.15 bits per heavy atom. The number of aromatic amines is 1. The summed E-state index contributed by atoms with van der Waals surface area (Å²) < 4.78 is 0. The average molecular weight is 582 g/mol. The number of carbonyl (C=O) groups is 3. The van der Waals surface area contributed by atoms with Crippen LogP contribution in [0.25, 0.3) is 0 Å². The molecule has 1 aliphatic carbocycles. The van der Waals surface area contributed by atoms with Crippen molar-refractivity contribution in [2.75, 3.05) is 27.2 Å². The van der Waals surface area contributed by atoms with Crippen molar-refractivity contribution in [1.82, 2.24) is 41.5 Å². The zero-order valence-corrected chi connectivity index (χ0v) is 24.2. The Labute approximate surface area is 239 Å². The Hall–Kier alpha value is -3.67. The van der Waals surface area contributed by atoms with Crippen LogP contribution in [0, 0.1) is 11.3 Å². The Kier molecular flexibility index (Phi) is 7.97. The molecule has 5 rings (SSSR count). The highest BCUT2D eigenvalue weighted by molar-refractivity contribution is 7.15. The van der Waals surface area contributed by atoms with E-state index in [2.05, 4.69) is 42.6 Å². The van der Waals surface area contributed by atoms with E-state index in [1.165, 1.54) is 22.7 Å². The molecule has 1 saturated heterocycles. The van der Waals surface area contributed by atoms with Gasteiger partial charge in [-0.1, -0.05) is 5.21 Å². The van der Waals surface area contributed by atoms with E-state index >= 15 is 0 Å². The summed E-state index contributed by atoms with van der Waals surface area (Å²) in [5, 5.41) is 33.6. The van der Waals surface area contributed by atoms with Crippen LogP contribution in [0.15, 0.2) is 12.1 Å². The molecule has 0 spiro atoms. The van der Waals surface area contributed by atoms with E-state index in [0.29, 0.717) is 47.8 Å². The summed E-state index contributed by atoms with van der Waals surface area (Å²) in [6.07, 6.45) is 3.35. The van der Waals surface area contributed by atoms with Crippen molar-refractivity contribution in [3.8, 4) is 6.07 Å². The molecule has 12 nitrogen and oxygen atoms in total. The number of fused-ring (bicyclic) bond motifs is 2. The maximum Gasteiger partial charge on any atom is 0.261 e. The van der Waals surface area contributed by atoms with Gasteiger partial charge in [-0.3, -0.25) is 14.4 Å². The third-order valence-corrected chi connectivity index (χ3v) is 10.1. The number of tetrazole rings is 1. The average Bonchev–Trinajstić information content (AvgIpc) is 3.78. The molecule has 2 aliphatic rings. The number of hydrogen-bond acceptors (Lipinski definition) is 10. The second-order valence-corrected chi connectivity index (χ2v) is 12.3. The van der Waals surface area contributed by atoms with Gasteiger partial charge in [0, 0.05) is 36.4 Å². The van der Waals surface area contributed by atoms with E-state index in [0.717, 1.165) is 27.3 Å². The first-order chi connectivity index (χ1) is 19.3. The Morgan fingerprint density at radius 2 is 1.77 bits per heavy atom. The second kappa shape index (κ2) is 11.4. The van der Waals surface area contributed by atoms with Crippen LogP contribution in [0.4, 0.5) is 0 Å². The number of hydrogen-bond donors (Lipinski definition) is 4. The molecule has 3 amide bonds. The molecule has 1 aliphatic heterocycles. The summed E-state index contributed by atoms with van der Waals surface area (Å²) in [6.45, 7) is 2.66. The second-order valence-electron chi connectivity index (χ2n) is 10.1. The molecule has 0 saturated carbocycles. The first kappa shape index (κ1) is 27.9. The summed E-state index contributed by atoms with van der Waals surface area (Å²) >= 11 is 2.90. The molecule has 0 bridgehead atoms. The molecule has 0 radical (unpaired) electrons. The minimum Gasteiger partial charge on any atom is -0.354 e. The van der Waals surface area contributed by atoms with E-state index in [1.54, 1.807) is 19.0 Å². The minimum atomic E-state index is -0.933. The van der Waals surface area contributed by atoms with E-state index in [-0.39, 0.29) is 36.3 Å². The molecule has 4 heterocycles. The summed E-state index contributed by atoms with van der Waals surface area (Å²) in [5.41, 5.74) is 0.876. The minimum absolute atomic E-state index is 0.0850. The van der Waals surface area contributed by atoms with Crippen molar-refractivity contribution in [2.45, 2.75) is 56.5 Å². The Bertz CT molecular complexity index is 1390. The number of carbonyl (C=O) groups excluding carboxylic acids is 3. The summed E-state index contributed by atoms with van der Waals surface area (Å²) in [5.74, 6) is -0.0256. The molecule has 3 aromatic heterocycles. The van der Waals surface area contributed by atoms with Crippen molar-refractivity contribution in [1.29, 1.82) is 5.26 Å². The van der Waals surface area contributed by atoms with E-state index in [1.807, 2.05) is 19.1 Å².